The van der Waals surface area contributed by atoms with E-state index >= 15 is 0 Å². The average Bonchev–Trinajstić information content (AvgIpc) is 3.30. The second-order valence-corrected chi connectivity index (χ2v) is 6.31. The Hall–Kier alpha value is -2.41. The molecule has 3 aromatic heterocycles. The van der Waals surface area contributed by atoms with E-state index in [4.69, 9.17) is 8.83 Å². The van der Waals surface area contributed by atoms with Crippen LogP contribution in [-0.4, -0.2) is 31.4 Å². The van der Waals surface area contributed by atoms with Gasteiger partial charge in [-0.3, -0.25) is 9.58 Å². The van der Waals surface area contributed by atoms with Crippen LogP contribution in [0.2, 0.25) is 0 Å². The highest BCUT2D eigenvalue weighted by Gasteiger charge is 2.31. The fraction of sp³-hybridized carbons (Fsp3) is 0.471. The number of aromatic nitrogens is 4. The molecule has 0 N–H and O–H groups in total. The third-order valence-corrected chi connectivity index (χ3v) is 4.80. The molecule has 0 saturated carbocycles. The zero-order valence-electron chi connectivity index (χ0n) is 14.2. The van der Waals surface area contributed by atoms with Crippen molar-refractivity contribution in [3.05, 3.63) is 41.2 Å². The lowest BCUT2D eigenvalue weighted by molar-refractivity contribution is 0.223. The maximum Gasteiger partial charge on any atom is 0.283 e. The summed E-state index contributed by atoms with van der Waals surface area (Å²) >= 11 is 0. The molecule has 1 aliphatic heterocycles. The Kier molecular flexibility index (Phi) is 3.72. The van der Waals surface area contributed by atoms with Gasteiger partial charge in [0.05, 0.1) is 18.5 Å². The first-order chi connectivity index (χ1) is 11.6. The predicted octanol–water partition coefficient (Wildman–Crippen LogP) is 3.02. The van der Waals surface area contributed by atoms with Crippen LogP contribution in [0.25, 0.3) is 11.7 Å². The Morgan fingerprint density at radius 1 is 1.29 bits per heavy atom. The number of nitrogens with zero attached hydrogens (tertiary/aromatic N) is 5. The van der Waals surface area contributed by atoms with Crippen LogP contribution in [0.3, 0.4) is 0 Å². The van der Waals surface area contributed by atoms with Crippen molar-refractivity contribution in [3.63, 3.8) is 0 Å². The molecule has 0 bridgehead atoms. The predicted molar refractivity (Wildman–Crippen MR) is 87.1 cm³/mol. The molecule has 126 valence electrons. The minimum absolute atomic E-state index is 0.359. The summed E-state index contributed by atoms with van der Waals surface area (Å²) < 4.78 is 13.0. The van der Waals surface area contributed by atoms with Crippen molar-refractivity contribution in [1.29, 1.82) is 0 Å². The summed E-state index contributed by atoms with van der Waals surface area (Å²) in [6.45, 7) is 5.89. The minimum atomic E-state index is 0.359. The van der Waals surface area contributed by atoms with E-state index in [-0.39, 0.29) is 0 Å². The second kappa shape index (κ2) is 5.90. The van der Waals surface area contributed by atoms with Crippen LogP contribution in [0.15, 0.2) is 27.2 Å². The number of furan rings is 1. The van der Waals surface area contributed by atoms with Crippen LogP contribution in [0.5, 0.6) is 0 Å². The highest BCUT2D eigenvalue weighted by Crippen LogP contribution is 2.36. The van der Waals surface area contributed by atoms with Crippen molar-refractivity contribution in [1.82, 2.24) is 24.9 Å². The number of aryl methyl sites for hydroxylation is 2. The van der Waals surface area contributed by atoms with E-state index < -0.39 is 0 Å². The van der Waals surface area contributed by atoms with Crippen molar-refractivity contribution >= 4 is 0 Å². The normalized spacial score (nSPS) is 18.5. The Morgan fingerprint density at radius 3 is 2.88 bits per heavy atom. The molecule has 0 aromatic carbocycles. The van der Waals surface area contributed by atoms with E-state index in [0.29, 0.717) is 30.1 Å². The first kappa shape index (κ1) is 15.1. The molecule has 1 atom stereocenters. The number of likely N-dealkylation sites (tertiary alicyclic amines) is 1. The summed E-state index contributed by atoms with van der Waals surface area (Å²) in [4.78, 5) is 2.40. The smallest absolute Gasteiger partial charge is 0.283 e. The third kappa shape index (κ3) is 2.54. The van der Waals surface area contributed by atoms with Crippen LogP contribution in [0, 0.1) is 13.8 Å². The summed E-state index contributed by atoms with van der Waals surface area (Å²) in [5.74, 6) is 1.65. The molecule has 0 radical (unpaired) electrons. The molecular formula is C17H21N5O2. The van der Waals surface area contributed by atoms with Gasteiger partial charge in [-0.1, -0.05) is 0 Å². The molecule has 1 saturated heterocycles. The van der Waals surface area contributed by atoms with E-state index in [1.54, 1.807) is 6.26 Å². The van der Waals surface area contributed by atoms with Crippen molar-refractivity contribution in [2.24, 2.45) is 7.05 Å². The summed E-state index contributed by atoms with van der Waals surface area (Å²) in [6.07, 6.45) is 3.90. The van der Waals surface area contributed by atoms with Crippen molar-refractivity contribution in [3.8, 4) is 11.7 Å². The summed E-state index contributed by atoms with van der Waals surface area (Å²) in [5, 5.41) is 12.8. The molecule has 24 heavy (non-hydrogen) atoms. The summed E-state index contributed by atoms with van der Waals surface area (Å²) in [5.41, 5.74) is 3.67. The van der Waals surface area contributed by atoms with E-state index in [1.807, 2.05) is 23.9 Å². The van der Waals surface area contributed by atoms with Gasteiger partial charge in [-0.15, -0.1) is 10.2 Å². The maximum atomic E-state index is 5.76. The van der Waals surface area contributed by atoms with Gasteiger partial charge in [0.1, 0.15) is 0 Å². The molecule has 1 aliphatic rings. The monoisotopic (exact) mass is 327 g/mol. The molecule has 7 nitrogen and oxygen atoms in total. The lowest BCUT2D eigenvalue weighted by Crippen LogP contribution is -2.23. The molecule has 0 amide bonds. The standard InChI is InChI=1S/C17H21N5O2/c1-11-16(12(2)21(3)20-11)13-6-4-8-22(13)10-15-18-19-17(24-15)14-7-5-9-23-14/h5,7,9,13H,4,6,8,10H2,1-3H3/t13-/m0/s1. The summed E-state index contributed by atoms with van der Waals surface area (Å²) in [6, 6.07) is 3.99. The topological polar surface area (TPSA) is 73.1 Å². The Bertz CT molecular complexity index is 833. The first-order valence-corrected chi connectivity index (χ1v) is 8.24. The van der Waals surface area contributed by atoms with Gasteiger partial charge in [-0.05, 0) is 45.4 Å². The van der Waals surface area contributed by atoms with Crippen molar-refractivity contribution < 1.29 is 8.83 Å². The minimum Gasteiger partial charge on any atom is -0.459 e. The van der Waals surface area contributed by atoms with Gasteiger partial charge >= 0.3 is 0 Å². The lowest BCUT2D eigenvalue weighted by atomic mass is 10.0. The second-order valence-electron chi connectivity index (χ2n) is 6.31. The van der Waals surface area contributed by atoms with Crippen LogP contribution in [-0.2, 0) is 13.6 Å². The molecular weight excluding hydrogens is 306 g/mol. The molecule has 3 aromatic rings. The van der Waals surface area contributed by atoms with Gasteiger partial charge in [0.25, 0.3) is 5.89 Å². The van der Waals surface area contributed by atoms with E-state index in [9.17, 15) is 0 Å². The average molecular weight is 327 g/mol. The third-order valence-electron chi connectivity index (χ3n) is 4.80. The SMILES string of the molecule is Cc1nn(C)c(C)c1[C@@H]1CCCN1Cc1nnc(-c2ccco2)o1. The van der Waals surface area contributed by atoms with Crippen LogP contribution < -0.4 is 0 Å². The maximum absolute atomic E-state index is 5.76. The zero-order chi connectivity index (χ0) is 16.7. The van der Waals surface area contributed by atoms with Crippen molar-refractivity contribution in [2.75, 3.05) is 6.54 Å². The molecule has 7 heteroatoms. The van der Waals surface area contributed by atoms with E-state index in [2.05, 4.69) is 34.0 Å². The number of rotatable bonds is 4. The quantitative estimate of drug-likeness (QED) is 0.733. The molecule has 4 rings (SSSR count). The van der Waals surface area contributed by atoms with Gasteiger partial charge in [0.2, 0.25) is 5.89 Å². The highest BCUT2D eigenvalue weighted by atomic mass is 16.4. The fourth-order valence-electron chi connectivity index (χ4n) is 3.61. The van der Waals surface area contributed by atoms with Gasteiger partial charge in [0, 0.05) is 24.3 Å². The van der Waals surface area contributed by atoms with Crippen LogP contribution >= 0.6 is 0 Å². The fourth-order valence-corrected chi connectivity index (χ4v) is 3.61. The van der Waals surface area contributed by atoms with Crippen molar-refractivity contribution in [2.45, 2.75) is 39.3 Å². The Balaban J connectivity index is 1.56. The molecule has 0 spiro atoms. The van der Waals surface area contributed by atoms with Crippen LogP contribution in [0.1, 0.15) is 41.7 Å². The Labute approximate surface area is 140 Å². The van der Waals surface area contributed by atoms with E-state index in [1.165, 1.54) is 11.3 Å². The molecule has 1 fully saturated rings. The summed E-state index contributed by atoms with van der Waals surface area (Å²) in [7, 11) is 2.00. The lowest BCUT2D eigenvalue weighted by Gasteiger charge is -2.23. The van der Waals surface area contributed by atoms with Gasteiger partial charge in [0.15, 0.2) is 5.76 Å². The number of hydrogen-bond acceptors (Lipinski definition) is 6. The van der Waals surface area contributed by atoms with Gasteiger partial charge in [-0.25, -0.2) is 0 Å². The van der Waals surface area contributed by atoms with Gasteiger partial charge in [-0.2, -0.15) is 5.10 Å². The van der Waals surface area contributed by atoms with E-state index in [0.717, 1.165) is 25.1 Å². The molecule has 0 unspecified atom stereocenters. The first-order valence-electron chi connectivity index (χ1n) is 8.24. The molecule has 0 aliphatic carbocycles. The van der Waals surface area contributed by atoms with Gasteiger partial charge < -0.3 is 8.83 Å². The largest absolute Gasteiger partial charge is 0.459 e. The number of hydrogen-bond donors (Lipinski definition) is 0. The highest BCUT2D eigenvalue weighted by molar-refractivity contribution is 5.42. The molecule has 4 heterocycles. The van der Waals surface area contributed by atoms with Crippen LogP contribution in [0.4, 0.5) is 0 Å². The zero-order valence-corrected chi connectivity index (χ0v) is 14.2. The Morgan fingerprint density at radius 2 is 2.17 bits per heavy atom.